The highest BCUT2D eigenvalue weighted by molar-refractivity contribution is 9.10. The van der Waals surface area contributed by atoms with Crippen molar-refractivity contribution in [3.63, 3.8) is 0 Å². The summed E-state index contributed by atoms with van der Waals surface area (Å²) in [5.41, 5.74) is 0.539. The molecular weight excluding hydrogens is 354 g/mol. The first-order valence-corrected chi connectivity index (χ1v) is 8.99. The summed E-state index contributed by atoms with van der Waals surface area (Å²) in [4.78, 5) is 11.6. The van der Waals surface area contributed by atoms with E-state index in [9.17, 15) is 13.2 Å². The van der Waals surface area contributed by atoms with Crippen molar-refractivity contribution in [2.24, 2.45) is 0 Å². The first-order valence-electron chi connectivity index (χ1n) is 5.88. The van der Waals surface area contributed by atoms with Gasteiger partial charge in [-0.1, -0.05) is 19.8 Å². The van der Waals surface area contributed by atoms with Crippen LogP contribution in [0.3, 0.4) is 0 Å². The summed E-state index contributed by atoms with van der Waals surface area (Å²) in [6, 6.07) is 4.39. The molecule has 1 aromatic carbocycles. The maximum Gasteiger partial charge on any atom is 0.262 e. The van der Waals surface area contributed by atoms with Crippen molar-refractivity contribution in [1.29, 1.82) is 0 Å². The molecule has 0 bridgehead atoms. The minimum atomic E-state index is -3.78. The van der Waals surface area contributed by atoms with Gasteiger partial charge in [0.2, 0.25) is 5.91 Å². The summed E-state index contributed by atoms with van der Waals surface area (Å²) in [7, 11) is 1.48. The standard InChI is InChI=1S/C12H15BrClNO3S/c1-2-3-4-5-12(16)15-9-6-7-11(10(13)8-9)19(14,17)18/h6-8H,2-5H2,1H3,(H,15,16). The van der Waals surface area contributed by atoms with E-state index in [1.807, 2.05) is 0 Å². The zero-order chi connectivity index (χ0) is 14.5. The van der Waals surface area contributed by atoms with E-state index >= 15 is 0 Å². The van der Waals surface area contributed by atoms with E-state index in [1.165, 1.54) is 18.2 Å². The average Bonchev–Trinajstić information content (AvgIpc) is 2.27. The van der Waals surface area contributed by atoms with Gasteiger partial charge in [0, 0.05) is 27.3 Å². The Labute approximate surface area is 126 Å². The van der Waals surface area contributed by atoms with Gasteiger partial charge in [0.25, 0.3) is 9.05 Å². The minimum Gasteiger partial charge on any atom is -0.326 e. The Bertz CT molecular complexity index is 560. The number of carbonyl (C=O) groups excluding carboxylic acids is 1. The second-order valence-electron chi connectivity index (χ2n) is 4.09. The van der Waals surface area contributed by atoms with E-state index in [4.69, 9.17) is 10.7 Å². The molecule has 1 rings (SSSR count). The molecule has 0 fully saturated rings. The van der Waals surface area contributed by atoms with Crippen LogP contribution < -0.4 is 5.32 Å². The van der Waals surface area contributed by atoms with Gasteiger partial charge in [-0.2, -0.15) is 0 Å². The van der Waals surface area contributed by atoms with Crippen LogP contribution >= 0.6 is 26.6 Å². The molecule has 1 amide bonds. The zero-order valence-electron chi connectivity index (χ0n) is 10.4. The van der Waals surface area contributed by atoms with Crippen molar-refractivity contribution in [2.45, 2.75) is 37.5 Å². The Morgan fingerprint density at radius 1 is 1.37 bits per heavy atom. The summed E-state index contributed by atoms with van der Waals surface area (Å²) in [6.07, 6.45) is 3.38. The number of rotatable bonds is 6. The van der Waals surface area contributed by atoms with Crippen LogP contribution in [-0.4, -0.2) is 14.3 Å². The molecule has 0 saturated heterocycles. The van der Waals surface area contributed by atoms with Gasteiger partial charge in [-0.15, -0.1) is 0 Å². The molecule has 1 N–H and O–H groups in total. The lowest BCUT2D eigenvalue weighted by Gasteiger charge is -2.07. The van der Waals surface area contributed by atoms with E-state index in [-0.39, 0.29) is 10.8 Å². The van der Waals surface area contributed by atoms with Crippen LogP contribution in [0.25, 0.3) is 0 Å². The molecule has 1 aromatic rings. The van der Waals surface area contributed by atoms with E-state index in [1.54, 1.807) is 0 Å². The molecule has 4 nitrogen and oxygen atoms in total. The van der Waals surface area contributed by atoms with Crippen LogP contribution in [0.15, 0.2) is 27.6 Å². The number of nitrogens with one attached hydrogen (secondary N) is 1. The molecule has 19 heavy (non-hydrogen) atoms. The highest BCUT2D eigenvalue weighted by atomic mass is 79.9. The Hall–Kier alpha value is -0.590. The second kappa shape index (κ2) is 7.26. The summed E-state index contributed by atoms with van der Waals surface area (Å²) >= 11 is 3.12. The van der Waals surface area contributed by atoms with Crippen LogP contribution in [0.1, 0.15) is 32.6 Å². The number of hydrogen-bond donors (Lipinski definition) is 1. The maximum atomic E-state index is 11.6. The number of anilines is 1. The van der Waals surface area contributed by atoms with Crippen molar-refractivity contribution in [2.75, 3.05) is 5.32 Å². The van der Waals surface area contributed by atoms with Crippen LogP contribution in [0, 0.1) is 0 Å². The fourth-order valence-electron chi connectivity index (χ4n) is 1.54. The lowest BCUT2D eigenvalue weighted by molar-refractivity contribution is -0.116. The molecule has 0 spiro atoms. The van der Waals surface area contributed by atoms with E-state index in [0.29, 0.717) is 16.6 Å². The zero-order valence-corrected chi connectivity index (χ0v) is 13.6. The predicted octanol–water partition coefficient (Wildman–Crippen LogP) is 3.90. The molecule has 7 heteroatoms. The Balaban J connectivity index is 2.72. The molecule has 0 aliphatic rings. The molecule has 106 valence electrons. The Morgan fingerprint density at radius 2 is 2.05 bits per heavy atom. The third-order valence-electron chi connectivity index (χ3n) is 2.49. The SMILES string of the molecule is CCCCCC(=O)Nc1ccc(S(=O)(=O)Cl)c(Br)c1. The molecule has 0 saturated carbocycles. The summed E-state index contributed by atoms with van der Waals surface area (Å²) in [5.74, 6) is -0.0816. The number of hydrogen-bond acceptors (Lipinski definition) is 3. The van der Waals surface area contributed by atoms with Gasteiger partial charge in [0.05, 0.1) is 4.90 Å². The molecule has 0 aliphatic carbocycles. The smallest absolute Gasteiger partial charge is 0.262 e. The van der Waals surface area contributed by atoms with Crippen LogP contribution in [0.2, 0.25) is 0 Å². The molecule has 0 aliphatic heterocycles. The van der Waals surface area contributed by atoms with Gasteiger partial charge < -0.3 is 5.32 Å². The van der Waals surface area contributed by atoms with Gasteiger partial charge in [0.1, 0.15) is 0 Å². The average molecular weight is 369 g/mol. The first-order chi connectivity index (χ1) is 8.84. The van der Waals surface area contributed by atoms with Crippen molar-refractivity contribution in [3.8, 4) is 0 Å². The molecule has 0 radical (unpaired) electrons. The lowest BCUT2D eigenvalue weighted by Crippen LogP contribution is -2.11. The normalized spacial score (nSPS) is 11.3. The molecule has 0 unspecified atom stereocenters. The van der Waals surface area contributed by atoms with Gasteiger partial charge in [-0.3, -0.25) is 4.79 Å². The molecule has 0 aromatic heterocycles. The number of unbranched alkanes of at least 4 members (excludes halogenated alkanes) is 2. The van der Waals surface area contributed by atoms with E-state index in [2.05, 4.69) is 28.2 Å². The van der Waals surface area contributed by atoms with Gasteiger partial charge in [-0.05, 0) is 40.5 Å². The third kappa shape index (κ3) is 5.50. The van der Waals surface area contributed by atoms with Crippen molar-refractivity contribution >= 4 is 47.3 Å². The number of amides is 1. The predicted molar refractivity (Wildman–Crippen MR) is 80.0 cm³/mol. The quantitative estimate of drug-likeness (QED) is 0.612. The number of benzene rings is 1. The number of carbonyl (C=O) groups is 1. The van der Waals surface area contributed by atoms with E-state index < -0.39 is 9.05 Å². The molecular formula is C12H15BrClNO3S. The summed E-state index contributed by atoms with van der Waals surface area (Å²) in [5, 5.41) is 2.71. The van der Waals surface area contributed by atoms with Crippen LogP contribution in [0.5, 0.6) is 0 Å². The topological polar surface area (TPSA) is 63.2 Å². The monoisotopic (exact) mass is 367 g/mol. The highest BCUT2D eigenvalue weighted by Crippen LogP contribution is 2.28. The maximum absolute atomic E-state index is 11.6. The summed E-state index contributed by atoms with van der Waals surface area (Å²) < 4.78 is 22.7. The van der Waals surface area contributed by atoms with Crippen LogP contribution in [-0.2, 0) is 13.8 Å². The number of halogens is 2. The largest absolute Gasteiger partial charge is 0.326 e. The van der Waals surface area contributed by atoms with E-state index in [0.717, 1.165) is 19.3 Å². The Kier molecular flexibility index (Phi) is 6.29. The van der Waals surface area contributed by atoms with Gasteiger partial charge >= 0.3 is 0 Å². The highest BCUT2D eigenvalue weighted by Gasteiger charge is 2.15. The lowest BCUT2D eigenvalue weighted by atomic mass is 10.2. The van der Waals surface area contributed by atoms with Gasteiger partial charge in [0.15, 0.2) is 0 Å². The van der Waals surface area contributed by atoms with Crippen molar-refractivity contribution < 1.29 is 13.2 Å². The molecule has 0 atom stereocenters. The second-order valence-corrected chi connectivity index (χ2v) is 7.48. The van der Waals surface area contributed by atoms with Crippen LogP contribution in [0.4, 0.5) is 5.69 Å². The molecule has 0 heterocycles. The third-order valence-corrected chi connectivity index (χ3v) is 4.78. The summed E-state index contributed by atoms with van der Waals surface area (Å²) in [6.45, 7) is 2.07. The van der Waals surface area contributed by atoms with Crippen molar-refractivity contribution in [3.05, 3.63) is 22.7 Å². The van der Waals surface area contributed by atoms with Crippen molar-refractivity contribution in [1.82, 2.24) is 0 Å². The minimum absolute atomic E-state index is 0.0156. The van der Waals surface area contributed by atoms with Gasteiger partial charge in [-0.25, -0.2) is 8.42 Å². The fraction of sp³-hybridized carbons (Fsp3) is 0.417. The first kappa shape index (κ1) is 16.5. The Morgan fingerprint density at radius 3 is 2.58 bits per heavy atom. The fourth-order valence-corrected chi connectivity index (χ4v) is 3.76.